The van der Waals surface area contributed by atoms with E-state index in [1.165, 1.54) is 25.7 Å². The largest absolute Gasteiger partial charge is 0.353 e. The second-order valence-corrected chi connectivity index (χ2v) is 5.93. The van der Waals surface area contributed by atoms with Crippen LogP contribution in [-0.4, -0.2) is 17.3 Å². The number of fused-ring (bicyclic) bond motifs is 2. The van der Waals surface area contributed by atoms with Gasteiger partial charge in [0.1, 0.15) is 0 Å². The maximum atomic E-state index is 11.5. The lowest BCUT2D eigenvalue weighted by Gasteiger charge is -2.28. The first kappa shape index (κ1) is 11.4. The first-order valence-corrected chi connectivity index (χ1v) is 7.18. The van der Waals surface area contributed by atoms with E-state index in [1.807, 2.05) is 0 Å². The summed E-state index contributed by atoms with van der Waals surface area (Å²) in [6.45, 7) is 2.18. The average Bonchev–Trinajstić information content (AvgIpc) is 2.78. The van der Waals surface area contributed by atoms with E-state index in [0.29, 0.717) is 12.5 Å². The molecular formula is C12H20BrNO. The fraction of sp³-hybridized carbons (Fsp3) is 0.917. The maximum absolute atomic E-state index is 11.5. The highest BCUT2D eigenvalue weighted by molar-refractivity contribution is 9.09. The van der Waals surface area contributed by atoms with E-state index in [1.54, 1.807) is 0 Å². The van der Waals surface area contributed by atoms with Gasteiger partial charge in [0.15, 0.2) is 0 Å². The molecule has 4 atom stereocenters. The molecule has 2 rings (SSSR count). The number of halogens is 1. The van der Waals surface area contributed by atoms with Crippen LogP contribution in [0.1, 0.15) is 39.0 Å². The Labute approximate surface area is 100 Å². The van der Waals surface area contributed by atoms with Crippen molar-refractivity contribution in [3.8, 4) is 0 Å². The van der Waals surface area contributed by atoms with Gasteiger partial charge in [0.05, 0.1) is 0 Å². The monoisotopic (exact) mass is 273 g/mol. The molecule has 0 spiro atoms. The summed E-state index contributed by atoms with van der Waals surface area (Å²) >= 11 is 3.30. The minimum absolute atomic E-state index is 0.196. The molecule has 0 aromatic rings. The zero-order chi connectivity index (χ0) is 10.8. The lowest BCUT2D eigenvalue weighted by Crippen LogP contribution is -2.40. The van der Waals surface area contributed by atoms with Crippen LogP contribution >= 0.6 is 15.9 Å². The molecule has 0 heterocycles. The zero-order valence-electron chi connectivity index (χ0n) is 9.34. The van der Waals surface area contributed by atoms with E-state index in [9.17, 15) is 4.79 Å². The first-order chi connectivity index (χ1) is 7.20. The van der Waals surface area contributed by atoms with Crippen molar-refractivity contribution in [1.82, 2.24) is 5.32 Å². The van der Waals surface area contributed by atoms with Gasteiger partial charge in [0.25, 0.3) is 0 Å². The summed E-state index contributed by atoms with van der Waals surface area (Å²) in [6, 6.07) is 0.381. The third-order valence-electron chi connectivity index (χ3n) is 4.15. The molecule has 0 aromatic carbocycles. The van der Waals surface area contributed by atoms with Gasteiger partial charge in [-0.05, 0) is 43.9 Å². The molecule has 0 saturated heterocycles. The van der Waals surface area contributed by atoms with Crippen molar-refractivity contribution < 1.29 is 4.79 Å². The van der Waals surface area contributed by atoms with Crippen LogP contribution in [0, 0.1) is 17.8 Å². The van der Waals surface area contributed by atoms with Crippen molar-refractivity contribution in [2.75, 3.05) is 5.33 Å². The number of hydrogen-bond acceptors (Lipinski definition) is 1. The molecule has 2 aliphatic rings. The molecule has 2 bridgehead atoms. The molecular weight excluding hydrogens is 254 g/mol. The smallest absolute Gasteiger partial charge is 0.221 e. The standard InChI is InChI=1S/C12H20BrNO/c1-8(14-12(15)4-5-13)11-7-9-2-3-10(11)6-9/h8-11H,2-7H2,1H3,(H,14,15). The van der Waals surface area contributed by atoms with Crippen molar-refractivity contribution in [1.29, 1.82) is 0 Å². The number of hydrogen-bond donors (Lipinski definition) is 1. The predicted octanol–water partition coefficient (Wildman–Crippen LogP) is 2.71. The third kappa shape index (κ3) is 2.55. The van der Waals surface area contributed by atoms with Gasteiger partial charge in [-0.3, -0.25) is 4.79 Å². The average molecular weight is 274 g/mol. The van der Waals surface area contributed by atoms with Crippen LogP contribution in [0.5, 0.6) is 0 Å². The van der Waals surface area contributed by atoms with Gasteiger partial charge in [-0.25, -0.2) is 0 Å². The molecule has 2 aliphatic carbocycles. The van der Waals surface area contributed by atoms with E-state index >= 15 is 0 Å². The van der Waals surface area contributed by atoms with Crippen LogP contribution in [0.15, 0.2) is 0 Å². The van der Waals surface area contributed by atoms with Crippen molar-refractivity contribution in [3.63, 3.8) is 0 Å². The van der Waals surface area contributed by atoms with Crippen LogP contribution in [-0.2, 0) is 4.79 Å². The van der Waals surface area contributed by atoms with Gasteiger partial charge in [-0.1, -0.05) is 22.4 Å². The quantitative estimate of drug-likeness (QED) is 0.785. The van der Waals surface area contributed by atoms with Gasteiger partial charge in [0, 0.05) is 17.8 Å². The predicted molar refractivity (Wildman–Crippen MR) is 65.0 cm³/mol. The number of alkyl halides is 1. The highest BCUT2D eigenvalue weighted by atomic mass is 79.9. The van der Waals surface area contributed by atoms with Gasteiger partial charge in [0.2, 0.25) is 5.91 Å². The number of carbonyl (C=O) groups is 1. The van der Waals surface area contributed by atoms with Crippen molar-refractivity contribution in [3.05, 3.63) is 0 Å². The van der Waals surface area contributed by atoms with Gasteiger partial charge in [-0.2, -0.15) is 0 Å². The summed E-state index contributed by atoms with van der Waals surface area (Å²) in [7, 11) is 0. The van der Waals surface area contributed by atoms with Crippen molar-refractivity contribution >= 4 is 21.8 Å². The SMILES string of the molecule is CC(NC(=O)CCBr)C1CC2CCC1C2. The lowest BCUT2D eigenvalue weighted by atomic mass is 9.84. The molecule has 86 valence electrons. The highest BCUT2D eigenvalue weighted by Crippen LogP contribution is 2.49. The minimum atomic E-state index is 0.196. The van der Waals surface area contributed by atoms with Crippen LogP contribution in [0.3, 0.4) is 0 Å². The Balaban J connectivity index is 1.81. The summed E-state index contributed by atoms with van der Waals surface area (Å²) in [4.78, 5) is 11.5. The highest BCUT2D eigenvalue weighted by Gasteiger charge is 2.41. The summed E-state index contributed by atoms with van der Waals surface area (Å²) in [5.41, 5.74) is 0. The summed E-state index contributed by atoms with van der Waals surface area (Å²) < 4.78 is 0. The molecule has 2 fully saturated rings. The molecule has 4 unspecified atom stereocenters. The maximum Gasteiger partial charge on any atom is 0.221 e. The van der Waals surface area contributed by atoms with Crippen LogP contribution in [0.25, 0.3) is 0 Å². The Kier molecular flexibility index (Phi) is 3.70. The normalized spacial score (nSPS) is 35.5. The van der Waals surface area contributed by atoms with Crippen LogP contribution < -0.4 is 5.32 Å². The molecule has 3 heteroatoms. The number of amides is 1. The Morgan fingerprint density at radius 1 is 1.47 bits per heavy atom. The molecule has 1 amide bonds. The zero-order valence-corrected chi connectivity index (χ0v) is 10.9. The summed E-state index contributed by atoms with van der Waals surface area (Å²) in [5, 5.41) is 3.90. The Hall–Kier alpha value is -0.0500. The summed E-state index contributed by atoms with van der Waals surface area (Å²) in [5.74, 6) is 2.81. The Morgan fingerprint density at radius 3 is 2.80 bits per heavy atom. The molecule has 1 N–H and O–H groups in total. The third-order valence-corrected chi connectivity index (χ3v) is 4.54. The fourth-order valence-electron chi connectivity index (χ4n) is 3.43. The molecule has 2 saturated carbocycles. The molecule has 0 aliphatic heterocycles. The lowest BCUT2D eigenvalue weighted by molar-refractivity contribution is -0.121. The number of nitrogens with one attached hydrogen (secondary N) is 1. The molecule has 15 heavy (non-hydrogen) atoms. The van der Waals surface area contributed by atoms with E-state index in [0.717, 1.165) is 23.1 Å². The second-order valence-electron chi connectivity index (χ2n) is 5.13. The number of rotatable bonds is 4. The first-order valence-electron chi connectivity index (χ1n) is 6.06. The van der Waals surface area contributed by atoms with Crippen molar-refractivity contribution in [2.24, 2.45) is 17.8 Å². The van der Waals surface area contributed by atoms with E-state index < -0.39 is 0 Å². The fourth-order valence-corrected chi connectivity index (χ4v) is 3.79. The minimum Gasteiger partial charge on any atom is -0.353 e. The van der Waals surface area contributed by atoms with Crippen molar-refractivity contribution in [2.45, 2.75) is 45.1 Å². The van der Waals surface area contributed by atoms with Gasteiger partial charge >= 0.3 is 0 Å². The number of carbonyl (C=O) groups excluding carboxylic acids is 1. The molecule has 2 nitrogen and oxygen atoms in total. The van der Waals surface area contributed by atoms with E-state index in [4.69, 9.17) is 0 Å². The van der Waals surface area contributed by atoms with E-state index in [2.05, 4.69) is 28.2 Å². The Bertz CT molecular complexity index is 244. The second kappa shape index (κ2) is 4.86. The van der Waals surface area contributed by atoms with Gasteiger partial charge < -0.3 is 5.32 Å². The van der Waals surface area contributed by atoms with E-state index in [-0.39, 0.29) is 5.91 Å². The summed E-state index contributed by atoms with van der Waals surface area (Å²) in [6.07, 6.45) is 6.20. The van der Waals surface area contributed by atoms with Crippen LogP contribution in [0.4, 0.5) is 0 Å². The molecule has 0 aromatic heterocycles. The molecule has 0 radical (unpaired) electrons. The van der Waals surface area contributed by atoms with Crippen LogP contribution in [0.2, 0.25) is 0 Å². The Morgan fingerprint density at radius 2 is 2.27 bits per heavy atom. The van der Waals surface area contributed by atoms with Gasteiger partial charge in [-0.15, -0.1) is 0 Å². The topological polar surface area (TPSA) is 29.1 Å².